The van der Waals surface area contributed by atoms with Gasteiger partial charge in [-0.1, -0.05) is 67.6 Å². The van der Waals surface area contributed by atoms with Crippen molar-refractivity contribution < 1.29 is 14.7 Å². The van der Waals surface area contributed by atoms with Crippen molar-refractivity contribution in [2.45, 2.75) is 37.3 Å². The van der Waals surface area contributed by atoms with Gasteiger partial charge in [-0.15, -0.1) is 0 Å². The fourth-order valence-corrected chi connectivity index (χ4v) is 4.91. The lowest BCUT2D eigenvalue weighted by Crippen LogP contribution is -2.86. The van der Waals surface area contributed by atoms with E-state index in [1.54, 1.807) is 0 Å². The Kier molecular flexibility index (Phi) is 4.94. The molecule has 1 N–H and O–H groups in total. The molecule has 0 unspecified atom stereocenters. The molecular weight excluding hydrogens is 352 g/mol. The minimum Gasteiger partial charge on any atom is -0.394 e. The zero-order valence-corrected chi connectivity index (χ0v) is 16.1. The molecule has 2 amide bonds. The summed E-state index contributed by atoms with van der Waals surface area (Å²) >= 11 is 0. The average Bonchev–Trinajstić information content (AvgIpc) is 2.67. The van der Waals surface area contributed by atoms with Crippen LogP contribution in [0.3, 0.4) is 0 Å². The van der Waals surface area contributed by atoms with Crippen LogP contribution in [-0.2, 0) is 16.0 Å². The van der Waals surface area contributed by atoms with Crippen molar-refractivity contribution >= 4 is 11.8 Å². The summed E-state index contributed by atoms with van der Waals surface area (Å²) in [5.74, 6) is 0.177. The molecule has 146 valence electrons. The van der Waals surface area contributed by atoms with Crippen LogP contribution in [0.2, 0.25) is 0 Å². The molecule has 2 aliphatic rings. The van der Waals surface area contributed by atoms with Gasteiger partial charge in [0.15, 0.2) is 0 Å². The Morgan fingerprint density at radius 1 is 1.00 bits per heavy atom. The van der Waals surface area contributed by atoms with E-state index in [4.69, 9.17) is 0 Å². The smallest absolute Gasteiger partial charge is 0.227 e. The Morgan fingerprint density at radius 2 is 1.61 bits per heavy atom. The molecule has 2 fully saturated rings. The average molecular weight is 378 g/mol. The summed E-state index contributed by atoms with van der Waals surface area (Å²) in [5.41, 5.74) is 1.72. The predicted octanol–water partition coefficient (Wildman–Crippen LogP) is 2.21. The summed E-state index contributed by atoms with van der Waals surface area (Å²) in [4.78, 5) is 29.0. The normalized spacial score (nSPS) is 22.5. The molecule has 4 rings (SSSR count). The summed E-state index contributed by atoms with van der Waals surface area (Å²) in [6.07, 6.45) is 0.774. The van der Waals surface area contributed by atoms with E-state index in [1.807, 2.05) is 65.3 Å². The lowest BCUT2D eigenvalue weighted by Gasteiger charge is -2.70. The van der Waals surface area contributed by atoms with Gasteiger partial charge in [-0.05, 0) is 11.1 Å². The number of likely N-dealkylation sites (tertiary alicyclic amines) is 2. The molecule has 28 heavy (non-hydrogen) atoms. The van der Waals surface area contributed by atoms with Crippen LogP contribution < -0.4 is 0 Å². The Hall–Kier alpha value is -2.66. The number of nitrogens with zero attached hydrogens (tertiary/aromatic N) is 2. The van der Waals surface area contributed by atoms with Gasteiger partial charge in [0, 0.05) is 25.4 Å². The summed E-state index contributed by atoms with van der Waals surface area (Å²) in [6, 6.07) is 19.5. The molecule has 5 heteroatoms. The van der Waals surface area contributed by atoms with Gasteiger partial charge in [-0.2, -0.15) is 0 Å². The van der Waals surface area contributed by atoms with Crippen LogP contribution in [0, 0.1) is 0 Å². The van der Waals surface area contributed by atoms with Gasteiger partial charge < -0.3 is 14.9 Å². The van der Waals surface area contributed by atoms with Crippen molar-refractivity contribution in [2.24, 2.45) is 0 Å². The number of aliphatic hydroxyl groups is 1. The summed E-state index contributed by atoms with van der Waals surface area (Å²) < 4.78 is 0. The number of hydrogen-bond acceptors (Lipinski definition) is 3. The van der Waals surface area contributed by atoms with Crippen LogP contribution in [0.4, 0.5) is 0 Å². The second-order valence-corrected chi connectivity index (χ2v) is 7.77. The van der Waals surface area contributed by atoms with E-state index in [-0.39, 0.29) is 30.4 Å². The summed E-state index contributed by atoms with van der Waals surface area (Å²) in [5, 5.41) is 9.98. The van der Waals surface area contributed by atoms with Crippen molar-refractivity contribution in [3.63, 3.8) is 0 Å². The summed E-state index contributed by atoms with van der Waals surface area (Å²) in [6.45, 7) is 2.84. The number of rotatable bonds is 5. The maximum atomic E-state index is 12.7. The molecule has 2 heterocycles. The highest BCUT2D eigenvalue weighted by atomic mass is 16.3. The molecule has 2 aliphatic heterocycles. The first-order valence-corrected chi connectivity index (χ1v) is 9.90. The number of benzene rings is 2. The highest BCUT2D eigenvalue weighted by Crippen LogP contribution is 2.54. The fourth-order valence-electron chi connectivity index (χ4n) is 4.91. The Morgan fingerprint density at radius 3 is 2.18 bits per heavy atom. The second kappa shape index (κ2) is 7.40. The molecule has 0 saturated carbocycles. The Labute approximate surface area is 165 Å². The fraction of sp³-hybridized carbons (Fsp3) is 0.391. The lowest BCUT2D eigenvalue weighted by atomic mass is 9.60. The first-order chi connectivity index (χ1) is 13.6. The molecule has 0 radical (unpaired) electrons. The Bertz CT molecular complexity index is 847. The minimum absolute atomic E-state index is 0.0430. The zero-order valence-electron chi connectivity index (χ0n) is 16.1. The number of aliphatic hydroxyl groups excluding tert-OH is 1. The van der Waals surface area contributed by atoms with Crippen LogP contribution in [0.25, 0.3) is 0 Å². The molecule has 2 aromatic rings. The zero-order chi connectivity index (χ0) is 19.7. The molecule has 0 aliphatic carbocycles. The van der Waals surface area contributed by atoms with Gasteiger partial charge >= 0.3 is 0 Å². The van der Waals surface area contributed by atoms with E-state index >= 15 is 0 Å². The highest BCUT2D eigenvalue weighted by Gasteiger charge is 2.67. The standard InChI is InChI=1S/C23H26N2O3/c1-2-20(27)25-19(14-26)22(18-11-7-4-8-12-18)23(25)15-24(16-23)21(28)13-17-9-5-3-6-10-17/h3-12,19,22,26H,2,13-16H2,1H3/t19-,22-/m1/s1. The first kappa shape index (κ1) is 18.7. The summed E-state index contributed by atoms with van der Waals surface area (Å²) in [7, 11) is 0. The third-order valence-corrected chi connectivity index (χ3v) is 6.17. The highest BCUT2D eigenvalue weighted by molar-refractivity contribution is 5.83. The quantitative estimate of drug-likeness (QED) is 0.868. The molecule has 2 aromatic carbocycles. The van der Waals surface area contributed by atoms with E-state index < -0.39 is 5.54 Å². The first-order valence-electron chi connectivity index (χ1n) is 9.90. The van der Waals surface area contributed by atoms with Crippen molar-refractivity contribution in [2.75, 3.05) is 19.7 Å². The maximum Gasteiger partial charge on any atom is 0.227 e. The van der Waals surface area contributed by atoms with Gasteiger partial charge in [0.25, 0.3) is 0 Å². The molecule has 5 nitrogen and oxygen atoms in total. The van der Waals surface area contributed by atoms with Gasteiger partial charge in [0.1, 0.15) is 0 Å². The van der Waals surface area contributed by atoms with Crippen LogP contribution >= 0.6 is 0 Å². The number of carbonyl (C=O) groups excluding carboxylic acids is 2. The third-order valence-electron chi connectivity index (χ3n) is 6.17. The number of carbonyl (C=O) groups is 2. The van der Waals surface area contributed by atoms with Crippen LogP contribution in [0.1, 0.15) is 30.4 Å². The van der Waals surface area contributed by atoms with E-state index in [9.17, 15) is 14.7 Å². The minimum atomic E-state index is -0.395. The van der Waals surface area contributed by atoms with E-state index in [2.05, 4.69) is 12.1 Å². The van der Waals surface area contributed by atoms with Crippen molar-refractivity contribution in [1.29, 1.82) is 0 Å². The van der Waals surface area contributed by atoms with E-state index in [1.165, 1.54) is 0 Å². The van der Waals surface area contributed by atoms with Crippen LogP contribution in [0.15, 0.2) is 60.7 Å². The Balaban J connectivity index is 1.55. The second-order valence-electron chi connectivity index (χ2n) is 7.77. The van der Waals surface area contributed by atoms with E-state index in [0.29, 0.717) is 25.9 Å². The molecule has 0 aromatic heterocycles. The molecule has 0 bridgehead atoms. The number of hydrogen-bond donors (Lipinski definition) is 1. The predicted molar refractivity (Wildman–Crippen MR) is 107 cm³/mol. The van der Waals surface area contributed by atoms with Crippen molar-refractivity contribution in [1.82, 2.24) is 9.80 Å². The van der Waals surface area contributed by atoms with Gasteiger partial charge in [0.05, 0.1) is 24.6 Å². The molecule has 2 saturated heterocycles. The molecular formula is C23H26N2O3. The lowest BCUT2D eigenvalue weighted by molar-refractivity contribution is -0.202. The monoisotopic (exact) mass is 378 g/mol. The van der Waals surface area contributed by atoms with Gasteiger partial charge in [-0.3, -0.25) is 9.59 Å². The van der Waals surface area contributed by atoms with Gasteiger partial charge in [-0.25, -0.2) is 0 Å². The third kappa shape index (κ3) is 2.90. The number of amides is 2. The van der Waals surface area contributed by atoms with Gasteiger partial charge in [0.2, 0.25) is 11.8 Å². The van der Waals surface area contributed by atoms with E-state index in [0.717, 1.165) is 11.1 Å². The van der Waals surface area contributed by atoms with Crippen molar-refractivity contribution in [3.05, 3.63) is 71.8 Å². The molecule has 1 spiro atoms. The molecule has 2 atom stereocenters. The van der Waals surface area contributed by atoms with Crippen LogP contribution in [-0.4, -0.2) is 58.0 Å². The SMILES string of the molecule is CCC(=O)N1[C@H](CO)[C@@H](c2ccccc2)C12CN(C(=O)Cc1ccccc1)C2. The van der Waals surface area contributed by atoms with Crippen LogP contribution in [0.5, 0.6) is 0 Å². The largest absolute Gasteiger partial charge is 0.394 e. The topological polar surface area (TPSA) is 60.9 Å². The van der Waals surface area contributed by atoms with Crippen molar-refractivity contribution in [3.8, 4) is 0 Å². The maximum absolute atomic E-state index is 12.7.